The second kappa shape index (κ2) is 17.0. The van der Waals surface area contributed by atoms with Crippen molar-refractivity contribution in [1.29, 1.82) is 0 Å². The summed E-state index contributed by atoms with van der Waals surface area (Å²) in [6.45, 7) is 8.89. The molecule has 0 saturated carbocycles. The molecule has 0 spiro atoms. The number of likely N-dealkylation sites (N-methyl/N-ethyl adjacent to an activating group) is 1. The van der Waals surface area contributed by atoms with Crippen LogP contribution in [0.2, 0.25) is 5.02 Å². The molecule has 3 amide bonds. The standard InChI is InChI=1S/C30H36ClN11O8S2.Na/c1-5-42(6-2,10-9-33-24(45)15-7-8-17(43)22(44)18(15)31)11-14-12-51-27-20(26(47)41(27)21(14)23-36-39-40-37-23)35-25(46)19(16-13-52-29(32)34-16)38-50-30(3,4)28(48)49;/h7-8,13,20,27H,5-6,9-12H2,1-4H3,(H7-,32,33,34,35,36,37,38,39,40,43,44,45,46,48,49);/q;+1/p-1/t20-,27-;/m1./s1. The number of fused-ring (bicyclic) bond motifs is 1. The molecule has 2 atom stereocenters. The van der Waals surface area contributed by atoms with Crippen LogP contribution in [0, 0.1) is 0 Å². The van der Waals surface area contributed by atoms with Gasteiger partial charge in [0.1, 0.15) is 23.7 Å². The van der Waals surface area contributed by atoms with Crippen LogP contribution >= 0.6 is 34.7 Å². The summed E-state index contributed by atoms with van der Waals surface area (Å²) in [5.41, 5.74) is 4.77. The minimum atomic E-state index is -1.88. The number of amides is 3. The molecule has 3 aromatic rings. The summed E-state index contributed by atoms with van der Waals surface area (Å²) in [6.07, 6.45) is 0. The van der Waals surface area contributed by atoms with Crippen molar-refractivity contribution in [3.8, 4) is 11.5 Å². The number of carboxylic acid groups (broad SMARTS) is 1. The van der Waals surface area contributed by atoms with Crippen molar-refractivity contribution in [1.82, 2.24) is 41.1 Å². The van der Waals surface area contributed by atoms with Crippen LogP contribution in [0.3, 0.4) is 0 Å². The molecule has 53 heavy (non-hydrogen) atoms. The number of thiazole rings is 1. The second-order valence-corrected chi connectivity index (χ2v) is 14.7. The zero-order valence-corrected chi connectivity index (χ0v) is 33.7. The number of tetrazole rings is 1. The third-order valence-corrected chi connectivity index (χ3v) is 11.2. The van der Waals surface area contributed by atoms with Gasteiger partial charge in [0.05, 0.1) is 54.3 Å². The van der Waals surface area contributed by atoms with Crippen molar-refractivity contribution >= 4 is 74.9 Å². The van der Waals surface area contributed by atoms with E-state index in [0.29, 0.717) is 42.1 Å². The summed E-state index contributed by atoms with van der Waals surface area (Å²) in [6, 6.07) is 1.48. The number of halogens is 1. The molecule has 1 saturated heterocycles. The number of phenolic OH excluding ortho intramolecular Hbond substituents is 2. The second-order valence-electron chi connectivity index (χ2n) is 12.3. The number of oxime groups is 1. The molecule has 2 aliphatic rings. The number of aliphatic carboxylic acids is 1. The zero-order valence-electron chi connectivity index (χ0n) is 29.3. The van der Waals surface area contributed by atoms with E-state index in [1.807, 2.05) is 13.8 Å². The largest absolute Gasteiger partial charge is 1.00 e. The van der Waals surface area contributed by atoms with Crippen molar-refractivity contribution in [3.05, 3.63) is 45.2 Å². The molecule has 0 radical (unpaired) electrons. The maximum atomic E-state index is 13.8. The van der Waals surface area contributed by atoms with E-state index in [1.54, 1.807) is 0 Å². The number of β-lactam (4-membered cyclic amide) rings is 1. The Balaban J connectivity index is 0.00000627. The first-order valence-corrected chi connectivity index (χ1v) is 18.1. The number of hydrogen-bond donors (Lipinski definition) is 5. The van der Waals surface area contributed by atoms with Crippen LogP contribution in [-0.4, -0.2) is 125 Å². The number of aromatic nitrogens is 5. The average molecular weight is 800 g/mol. The molecular weight excluding hydrogens is 765 g/mol. The van der Waals surface area contributed by atoms with Gasteiger partial charge in [-0.25, -0.2) is 4.98 Å². The van der Waals surface area contributed by atoms with E-state index in [0.717, 1.165) is 16.9 Å². The number of carboxylic acids is 1. The zero-order chi connectivity index (χ0) is 38.0. The molecule has 278 valence electrons. The Labute approximate surface area is 338 Å². The number of phenols is 2. The number of anilines is 1. The Morgan fingerprint density at radius 1 is 1.26 bits per heavy atom. The fourth-order valence-corrected chi connectivity index (χ4v) is 7.67. The van der Waals surface area contributed by atoms with Gasteiger partial charge < -0.3 is 50.9 Å². The maximum Gasteiger partial charge on any atom is 1.00 e. The van der Waals surface area contributed by atoms with Crippen molar-refractivity contribution in [2.45, 2.75) is 44.7 Å². The van der Waals surface area contributed by atoms with Crippen molar-refractivity contribution < 1.29 is 73.4 Å². The van der Waals surface area contributed by atoms with Gasteiger partial charge in [-0.1, -0.05) is 16.8 Å². The predicted octanol–water partition coefficient (Wildman–Crippen LogP) is -3.72. The van der Waals surface area contributed by atoms with Crippen LogP contribution in [0.1, 0.15) is 49.6 Å². The first-order valence-electron chi connectivity index (χ1n) is 15.8. The van der Waals surface area contributed by atoms with E-state index in [1.165, 1.54) is 48.0 Å². The molecule has 1 aromatic carbocycles. The van der Waals surface area contributed by atoms with E-state index in [-0.39, 0.29) is 69.0 Å². The third-order valence-electron chi connectivity index (χ3n) is 8.78. The van der Waals surface area contributed by atoms with Gasteiger partial charge in [0.25, 0.3) is 17.7 Å². The summed E-state index contributed by atoms with van der Waals surface area (Å²) in [5.74, 6) is -3.87. The maximum absolute atomic E-state index is 13.8. The summed E-state index contributed by atoms with van der Waals surface area (Å²) in [4.78, 5) is 62.4. The molecule has 0 bridgehead atoms. The monoisotopic (exact) mass is 799 g/mol. The Morgan fingerprint density at radius 2 is 1.98 bits per heavy atom. The molecule has 0 unspecified atom stereocenters. The summed E-state index contributed by atoms with van der Waals surface area (Å²) in [7, 11) is 0. The Bertz CT molecular complexity index is 1940. The molecule has 2 aliphatic heterocycles. The number of nitrogens with zero attached hydrogens (tertiary/aromatic N) is 8. The van der Waals surface area contributed by atoms with Gasteiger partial charge in [0.15, 0.2) is 27.9 Å². The van der Waals surface area contributed by atoms with Gasteiger partial charge in [-0.15, -0.1) is 23.1 Å². The van der Waals surface area contributed by atoms with Gasteiger partial charge in [0.2, 0.25) is 0 Å². The minimum absolute atomic E-state index is 0. The minimum Gasteiger partial charge on any atom is -0.546 e. The van der Waals surface area contributed by atoms with Crippen LogP contribution in [-0.2, 0) is 19.2 Å². The topological polar surface area (TPSA) is 272 Å². The van der Waals surface area contributed by atoms with Crippen LogP contribution in [0.5, 0.6) is 11.5 Å². The Morgan fingerprint density at radius 3 is 2.58 bits per heavy atom. The van der Waals surface area contributed by atoms with Crippen LogP contribution in [0.15, 0.2) is 28.2 Å². The number of quaternary nitrogens is 1. The average Bonchev–Trinajstić information content (AvgIpc) is 3.81. The summed E-state index contributed by atoms with van der Waals surface area (Å²) in [5, 5.41) is 56.4. The number of nitrogen functional groups attached to an aromatic ring is 1. The fourth-order valence-electron chi connectivity index (χ4n) is 5.54. The van der Waals surface area contributed by atoms with Crippen LogP contribution < -0.4 is 56.1 Å². The number of nitrogens with one attached hydrogen (secondary N) is 2. The fraction of sp³-hybridized carbons (Fsp3) is 0.433. The number of nitrogens with two attached hydrogens (primary N) is 1. The Kier molecular flexibility index (Phi) is 13.4. The molecule has 5 rings (SSSR count). The number of rotatable bonds is 15. The first-order chi connectivity index (χ1) is 24.6. The Hall–Kier alpha value is -3.99. The number of thioether (sulfide) groups is 1. The molecule has 0 aliphatic carbocycles. The molecule has 4 heterocycles. The summed E-state index contributed by atoms with van der Waals surface area (Å²) < 4.78 is 0.488. The van der Waals surface area contributed by atoms with Gasteiger partial charge in [-0.2, -0.15) is 5.21 Å². The van der Waals surface area contributed by atoms with E-state index in [2.05, 4.69) is 41.4 Å². The SMILES string of the molecule is CC[N+](CC)(CCNC(=O)c1ccc(O)c(O)c1Cl)CC1=C(c2nnn[n-]2)N2C(=O)[C@@H](NC(=O)/C(=N\OC(C)(C)C(=O)[O-])c3csc(N)n3)[C@H]2SC1.[Na+]. The molecule has 23 heteroatoms. The van der Waals surface area contributed by atoms with E-state index >= 15 is 0 Å². The van der Waals surface area contributed by atoms with Crippen molar-refractivity contribution in [2.24, 2.45) is 5.16 Å². The van der Waals surface area contributed by atoms with Gasteiger partial charge in [0, 0.05) is 16.7 Å². The number of carbonyl (C=O) groups is 4. The first kappa shape index (κ1) is 41.8. The number of aromatic hydroxyl groups is 2. The van der Waals surface area contributed by atoms with Crippen LogP contribution in [0.4, 0.5) is 5.13 Å². The summed E-state index contributed by atoms with van der Waals surface area (Å²) >= 11 is 8.51. The van der Waals surface area contributed by atoms with E-state index < -0.39 is 52.2 Å². The van der Waals surface area contributed by atoms with Gasteiger partial charge in [-0.05, 0) is 39.8 Å². The van der Waals surface area contributed by atoms with E-state index in [4.69, 9.17) is 22.2 Å². The number of hydrogen-bond acceptors (Lipinski definition) is 16. The molecule has 6 N–H and O–H groups in total. The molecular formula is C30H35ClN11NaO8S2. The van der Waals surface area contributed by atoms with Crippen molar-refractivity contribution in [3.63, 3.8) is 0 Å². The molecule has 1 fully saturated rings. The van der Waals surface area contributed by atoms with Crippen molar-refractivity contribution in [2.75, 3.05) is 44.2 Å². The van der Waals surface area contributed by atoms with Gasteiger partial charge >= 0.3 is 29.6 Å². The third kappa shape index (κ3) is 8.71. The normalized spacial score (nSPS) is 17.4. The number of benzene rings is 1. The number of carbonyl (C=O) groups excluding carboxylic acids is 4. The van der Waals surface area contributed by atoms with E-state index in [9.17, 15) is 34.5 Å². The predicted molar refractivity (Wildman–Crippen MR) is 187 cm³/mol. The molecule has 2 aromatic heterocycles. The smallest absolute Gasteiger partial charge is 0.546 e. The molecule has 19 nitrogen and oxygen atoms in total. The van der Waals surface area contributed by atoms with Gasteiger partial charge in [-0.3, -0.25) is 29.6 Å². The van der Waals surface area contributed by atoms with Crippen LogP contribution in [0.25, 0.3) is 5.70 Å². The quantitative estimate of drug-likeness (QED) is 0.0247.